The van der Waals surface area contributed by atoms with Crippen molar-refractivity contribution >= 4 is 67.4 Å². The number of carbonyl (C=O) groups excluding carboxylic acids is 2. The fourth-order valence-corrected chi connectivity index (χ4v) is 4.49. The van der Waals surface area contributed by atoms with E-state index >= 15 is 0 Å². The van der Waals surface area contributed by atoms with Crippen LogP contribution >= 0.6 is 0 Å². The summed E-state index contributed by atoms with van der Waals surface area (Å²) in [7, 11) is -4.57. The van der Waals surface area contributed by atoms with Crippen molar-refractivity contribution in [2.75, 3.05) is 16.9 Å². The lowest BCUT2D eigenvalue weighted by Crippen LogP contribution is -2.29. The Morgan fingerprint density at radius 3 is 1.76 bits per heavy atom. The van der Waals surface area contributed by atoms with Crippen LogP contribution in [0.1, 0.15) is 0 Å². The van der Waals surface area contributed by atoms with Crippen LogP contribution in [-0.2, 0) is 19.7 Å². The van der Waals surface area contributed by atoms with Gasteiger partial charge in [0.2, 0.25) is 0 Å². The summed E-state index contributed by atoms with van der Waals surface area (Å²) in [5.74, 6) is -2.21. The first-order chi connectivity index (χ1) is 22.0. The van der Waals surface area contributed by atoms with Crippen molar-refractivity contribution in [3.05, 3.63) is 109 Å². The van der Waals surface area contributed by atoms with E-state index in [1.807, 2.05) is 24.3 Å². The number of aliphatic carboxylic acids is 1. The average Bonchev–Trinajstić information content (AvgIpc) is 3.03. The molecule has 5 N–H and O–H groups in total. The number of carboxylic acids is 1. The van der Waals surface area contributed by atoms with Gasteiger partial charge in [0.15, 0.2) is 5.78 Å². The van der Waals surface area contributed by atoms with E-state index in [4.69, 9.17) is 11.5 Å². The third-order valence-corrected chi connectivity index (χ3v) is 7.28. The number of nitrogens with zero attached hydrogens (tertiary/aromatic N) is 5. The Morgan fingerprint density at radius 1 is 0.717 bits per heavy atom. The smallest absolute Gasteiger partial charge is 0.187 e. The van der Waals surface area contributed by atoms with Crippen LogP contribution in [0.5, 0.6) is 0 Å². The Kier molecular flexibility index (Phi) is 8.88. The van der Waals surface area contributed by atoms with E-state index in [2.05, 4.69) is 31.0 Å². The summed E-state index contributed by atoms with van der Waals surface area (Å²) in [6, 6.07) is 22.5. The Bertz CT molecular complexity index is 2090. The molecule has 14 nitrogen and oxygen atoms in total. The topological polar surface area (TPSA) is 240 Å². The molecule has 46 heavy (non-hydrogen) atoms. The van der Waals surface area contributed by atoms with Crippen molar-refractivity contribution in [1.82, 2.24) is 0 Å². The normalized spacial score (nSPS) is 14.2. The van der Waals surface area contributed by atoms with Gasteiger partial charge in [-0.25, -0.2) is 8.42 Å². The second kappa shape index (κ2) is 13.1. The van der Waals surface area contributed by atoms with Crippen LogP contribution in [-0.4, -0.2) is 30.4 Å². The van der Waals surface area contributed by atoms with Gasteiger partial charge in [-0.05, 0) is 90.0 Å². The van der Waals surface area contributed by atoms with Gasteiger partial charge >= 0.3 is 0 Å². The van der Waals surface area contributed by atoms with Crippen LogP contribution in [0.3, 0.4) is 0 Å². The summed E-state index contributed by atoms with van der Waals surface area (Å²) >= 11 is 0. The number of hydrazone groups is 1. The Hall–Kier alpha value is -6.32. The van der Waals surface area contributed by atoms with Crippen molar-refractivity contribution in [2.45, 2.75) is 4.90 Å². The van der Waals surface area contributed by atoms with Crippen molar-refractivity contribution in [3.8, 4) is 11.1 Å². The molecular formula is C31H22N8O6S-2. The maximum atomic E-state index is 11.6. The van der Waals surface area contributed by atoms with Crippen LogP contribution in [0.25, 0.3) is 11.1 Å². The number of hydrogen-bond donors (Lipinski definition) is 3. The molecule has 0 bridgehead atoms. The van der Waals surface area contributed by atoms with Gasteiger partial charge in [-0.2, -0.15) is 15.3 Å². The zero-order valence-electron chi connectivity index (χ0n) is 23.6. The fraction of sp³-hybridized carbons (Fsp3) is 0. The summed E-state index contributed by atoms with van der Waals surface area (Å²) in [6.07, 6.45) is 3.66. The largest absolute Gasteiger partial charge is 0.744 e. The molecule has 0 saturated heterocycles. The molecule has 0 aromatic heterocycles. The first-order valence-corrected chi connectivity index (χ1v) is 14.7. The third-order valence-electron chi connectivity index (χ3n) is 6.43. The fourth-order valence-electron chi connectivity index (χ4n) is 4.02. The van der Waals surface area contributed by atoms with Gasteiger partial charge in [0, 0.05) is 5.57 Å². The highest BCUT2D eigenvalue weighted by Gasteiger charge is 2.13. The molecule has 0 atom stereocenters. The molecule has 1 aliphatic carbocycles. The van der Waals surface area contributed by atoms with Gasteiger partial charge in [-0.3, -0.25) is 10.2 Å². The minimum absolute atomic E-state index is 0.237. The third kappa shape index (κ3) is 7.60. The van der Waals surface area contributed by atoms with Crippen molar-refractivity contribution < 1.29 is 27.7 Å². The number of hydrogen-bond acceptors (Lipinski definition) is 14. The van der Waals surface area contributed by atoms with Gasteiger partial charge in [0.05, 0.1) is 45.0 Å². The van der Waals surface area contributed by atoms with E-state index in [-0.39, 0.29) is 27.7 Å². The molecule has 0 aliphatic heterocycles. The number of azo groups is 2. The zero-order chi connectivity index (χ0) is 32.8. The van der Waals surface area contributed by atoms with Gasteiger partial charge in [-0.15, -0.1) is 10.2 Å². The van der Waals surface area contributed by atoms with E-state index < -0.39 is 27.4 Å². The molecule has 1 aliphatic rings. The first-order valence-electron chi connectivity index (χ1n) is 13.2. The molecule has 230 valence electrons. The second-order valence-electron chi connectivity index (χ2n) is 9.63. The molecular weight excluding hydrogens is 612 g/mol. The van der Waals surface area contributed by atoms with E-state index in [0.717, 1.165) is 35.4 Å². The molecule has 4 aromatic carbocycles. The van der Waals surface area contributed by atoms with Crippen molar-refractivity contribution in [3.63, 3.8) is 0 Å². The highest BCUT2D eigenvalue weighted by molar-refractivity contribution is 7.85. The highest BCUT2D eigenvalue weighted by Crippen LogP contribution is 2.35. The lowest BCUT2D eigenvalue weighted by molar-refractivity contribution is -0.298. The van der Waals surface area contributed by atoms with Gasteiger partial charge in [-0.1, -0.05) is 24.3 Å². The number of carbonyl (C=O) groups is 2. The summed E-state index contributed by atoms with van der Waals surface area (Å²) in [4.78, 5) is 22.3. The Balaban J connectivity index is 1.24. The summed E-state index contributed by atoms with van der Waals surface area (Å²) in [5, 5.41) is 31.7. The minimum atomic E-state index is -4.57. The van der Waals surface area contributed by atoms with Crippen LogP contribution in [0.15, 0.2) is 139 Å². The maximum absolute atomic E-state index is 11.6. The number of nitrogens with one attached hydrogen (secondary N) is 1. The predicted molar refractivity (Wildman–Crippen MR) is 168 cm³/mol. The van der Waals surface area contributed by atoms with E-state index in [1.165, 1.54) is 30.3 Å². The molecule has 0 heterocycles. The standard InChI is InChI=1S/C31H24N8O6S/c32-26-16-27(33)29(39-36-22-9-12-24(13-10-22)46(43,44)45)17-28(26)38-35-21-7-3-19(4-8-21)18-1-5-20(6-2-18)34-37-23-11-14-30(40)25(15-23)31(41)42/h1-17,34H,32-33H2,(H,41,42)(H,43,44,45)/p-2. The Labute approximate surface area is 262 Å². The number of carboxylic acid groups (broad SMARTS) is 1. The zero-order valence-corrected chi connectivity index (χ0v) is 24.4. The number of anilines is 3. The molecule has 0 amide bonds. The molecule has 15 heteroatoms. The van der Waals surface area contributed by atoms with Gasteiger partial charge in [0.1, 0.15) is 21.5 Å². The van der Waals surface area contributed by atoms with E-state index in [9.17, 15) is 27.7 Å². The average molecular weight is 635 g/mol. The van der Waals surface area contributed by atoms with Crippen LogP contribution in [0, 0.1) is 0 Å². The second-order valence-corrected chi connectivity index (χ2v) is 11.0. The Morgan fingerprint density at radius 2 is 1.24 bits per heavy atom. The van der Waals surface area contributed by atoms with Crippen LogP contribution in [0.4, 0.5) is 39.8 Å². The molecule has 0 saturated carbocycles. The monoisotopic (exact) mass is 634 g/mol. The molecule has 0 radical (unpaired) electrons. The number of nitrogens with two attached hydrogens (primary N) is 2. The maximum Gasteiger partial charge on any atom is 0.187 e. The number of ketones is 1. The summed E-state index contributed by atoms with van der Waals surface area (Å²) in [6.45, 7) is 0. The first kappa shape index (κ1) is 31.1. The molecule has 0 unspecified atom stereocenters. The van der Waals surface area contributed by atoms with Crippen molar-refractivity contribution in [2.24, 2.45) is 25.6 Å². The lowest BCUT2D eigenvalue weighted by atomic mass is 10.0. The number of benzene rings is 4. The van der Waals surface area contributed by atoms with Crippen molar-refractivity contribution in [1.29, 1.82) is 0 Å². The van der Waals surface area contributed by atoms with E-state index in [0.29, 0.717) is 22.7 Å². The SMILES string of the molecule is Nc1cc(N)c(N=Nc2ccc(S(=O)(=O)[O-])cc2)cc1N=Nc1ccc(-c2ccc(NN=C3C=CC(=O)C(C(=O)[O-])=C3)cc2)cc1. The van der Waals surface area contributed by atoms with Crippen LogP contribution in [0.2, 0.25) is 0 Å². The minimum Gasteiger partial charge on any atom is -0.744 e. The lowest BCUT2D eigenvalue weighted by Gasteiger charge is -2.09. The van der Waals surface area contributed by atoms with Crippen LogP contribution < -0.4 is 22.0 Å². The predicted octanol–water partition coefficient (Wildman–Crippen LogP) is 4.84. The number of allylic oxidation sites excluding steroid dienone is 3. The number of nitrogen functional groups attached to an aromatic ring is 2. The molecule has 0 fully saturated rings. The molecule has 4 aromatic rings. The summed E-state index contributed by atoms with van der Waals surface area (Å²) < 4.78 is 33.3. The number of rotatable bonds is 9. The molecule has 0 spiro atoms. The molecule has 5 rings (SSSR count). The highest BCUT2D eigenvalue weighted by atomic mass is 32.2. The van der Waals surface area contributed by atoms with Gasteiger partial charge in [0.25, 0.3) is 0 Å². The van der Waals surface area contributed by atoms with Gasteiger partial charge < -0.3 is 25.9 Å². The quantitative estimate of drug-likeness (QED) is 0.0569. The van der Waals surface area contributed by atoms with E-state index in [1.54, 1.807) is 24.3 Å². The summed E-state index contributed by atoms with van der Waals surface area (Å²) in [5.41, 5.74) is 19.1.